The van der Waals surface area contributed by atoms with Gasteiger partial charge in [0.25, 0.3) is 5.69 Å². The van der Waals surface area contributed by atoms with Crippen molar-refractivity contribution < 1.29 is 9.72 Å². The maximum Gasteiger partial charge on any atom is 0.271 e. The van der Waals surface area contributed by atoms with Crippen LogP contribution in [0, 0.1) is 17.0 Å². The number of carbonyl (C=O) groups is 1. The molecule has 0 aliphatic rings. The Kier molecular flexibility index (Phi) is 5.36. The average molecular weight is 351 g/mol. The van der Waals surface area contributed by atoms with Crippen LogP contribution >= 0.6 is 23.2 Å². The van der Waals surface area contributed by atoms with Gasteiger partial charge in [-0.2, -0.15) is 0 Å². The molecule has 7 heteroatoms. The molecule has 0 aliphatic carbocycles. The number of benzene rings is 2. The first-order valence-corrected chi connectivity index (χ1v) is 7.31. The van der Waals surface area contributed by atoms with Gasteiger partial charge in [0.1, 0.15) is 0 Å². The van der Waals surface area contributed by atoms with E-state index in [0.717, 1.165) is 5.56 Å². The molecule has 0 atom stereocenters. The Bertz CT molecular complexity index is 804. The van der Waals surface area contributed by atoms with Crippen LogP contribution in [-0.4, -0.2) is 10.8 Å². The van der Waals surface area contributed by atoms with E-state index in [-0.39, 0.29) is 5.69 Å². The predicted molar refractivity (Wildman–Crippen MR) is 92.0 cm³/mol. The third kappa shape index (κ3) is 4.55. The minimum absolute atomic E-state index is 0.0839. The van der Waals surface area contributed by atoms with E-state index in [1.54, 1.807) is 37.3 Å². The second kappa shape index (κ2) is 7.26. The number of halogens is 2. The summed E-state index contributed by atoms with van der Waals surface area (Å²) in [5.41, 5.74) is 1.75. The Morgan fingerprint density at radius 3 is 2.57 bits per heavy atom. The topological polar surface area (TPSA) is 72.2 Å². The fourth-order valence-electron chi connectivity index (χ4n) is 1.82. The van der Waals surface area contributed by atoms with Crippen molar-refractivity contribution in [2.45, 2.75) is 6.92 Å². The van der Waals surface area contributed by atoms with Crippen LogP contribution < -0.4 is 5.32 Å². The van der Waals surface area contributed by atoms with E-state index in [1.165, 1.54) is 18.2 Å². The molecule has 23 heavy (non-hydrogen) atoms. The lowest BCUT2D eigenvalue weighted by Crippen LogP contribution is -2.09. The number of hydrogen-bond acceptors (Lipinski definition) is 3. The zero-order valence-electron chi connectivity index (χ0n) is 12.0. The molecule has 2 aromatic rings. The van der Waals surface area contributed by atoms with Crippen LogP contribution in [0.3, 0.4) is 0 Å². The highest BCUT2D eigenvalue weighted by atomic mass is 35.5. The second-order valence-corrected chi connectivity index (χ2v) is 5.57. The molecular weight excluding hydrogens is 339 g/mol. The Morgan fingerprint density at radius 1 is 1.17 bits per heavy atom. The van der Waals surface area contributed by atoms with Gasteiger partial charge >= 0.3 is 0 Å². The number of aryl methyl sites for hydroxylation is 1. The number of amides is 1. The smallest absolute Gasteiger partial charge is 0.271 e. The average Bonchev–Trinajstić information content (AvgIpc) is 2.50. The van der Waals surface area contributed by atoms with Crippen LogP contribution in [-0.2, 0) is 4.79 Å². The van der Waals surface area contributed by atoms with E-state index < -0.39 is 10.8 Å². The van der Waals surface area contributed by atoms with Crippen molar-refractivity contribution in [1.29, 1.82) is 0 Å². The molecular formula is C16H12Cl2N2O3. The minimum Gasteiger partial charge on any atom is -0.322 e. The predicted octanol–water partition coefficient (Wildman–Crippen LogP) is 4.86. The Balaban J connectivity index is 2.13. The molecule has 0 aromatic heterocycles. The molecule has 0 saturated carbocycles. The van der Waals surface area contributed by atoms with Gasteiger partial charge in [-0.05, 0) is 36.3 Å². The molecule has 0 unspecified atom stereocenters. The maximum absolute atomic E-state index is 11.9. The molecule has 0 spiro atoms. The molecule has 1 amide bonds. The number of rotatable bonds is 4. The molecule has 2 aromatic carbocycles. The van der Waals surface area contributed by atoms with E-state index in [4.69, 9.17) is 23.2 Å². The van der Waals surface area contributed by atoms with Gasteiger partial charge < -0.3 is 5.32 Å². The van der Waals surface area contributed by atoms with E-state index in [9.17, 15) is 14.9 Å². The fourth-order valence-corrected chi connectivity index (χ4v) is 2.13. The van der Waals surface area contributed by atoms with Crippen LogP contribution in [0.4, 0.5) is 11.4 Å². The molecule has 0 radical (unpaired) electrons. The van der Waals surface area contributed by atoms with Crippen molar-refractivity contribution >= 4 is 46.6 Å². The van der Waals surface area contributed by atoms with Crippen LogP contribution in [0.2, 0.25) is 10.0 Å². The first kappa shape index (κ1) is 17.0. The van der Waals surface area contributed by atoms with Gasteiger partial charge in [0.05, 0.1) is 20.7 Å². The monoisotopic (exact) mass is 350 g/mol. The number of nitrogens with zero attached hydrogens (tertiary/aromatic N) is 1. The number of nitrogens with one attached hydrogen (secondary N) is 1. The van der Waals surface area contributed by atoms with Crippen LogP contribution in [0.15, 0.2) is 42.5 Å². The summed E-state index contributed by atoms with van der Waals surface area (Å²) in [6.07, 6.45) is 2.89. The van der Waals surface area contributed by atoms with Crippen molar-refractivity contribution in [2.75, 3.05) is 5.32 Å². The molecule has 5 nitrogen and oxygen atoms in total. The second-order valence-electron chi connectivity index (χ2n) is 4.75. The van der Waals surface area contributed by atoms with Gasteiger partial charge in [-0.1, -0.05) is 35.3 Å². The molecule has 0 saturated heterocycles. The van der Waals surface area contributed by atoms with Gasteiger partial charge in [0, 0.05) is 18.2 Å². The summed E-state index contributed by atoms with van der Waals surface area (Å²) in [7, 11) is 0. The third-order valence-corrected chi connectivity index (χ3v) is 3.80. The molecule has 118 valence electrons. The number of nitro benzene ring substituents is 1. The zero-order valence-corrected chi connectivity index (χ0v) is 13.6. The summed E-state index contributed by atoms with van der Waals surface area (Å²) >= 11 is 11.7. The molecule has 2 rings (SSSR count). The largest absolute Gasteiger partial charge is 0.322 e. The standard InChI is InChI=1S/C16H12Cl2N2O3/c1-10-2-5-12(20(22)23)9-15(10)19-16(21)7-4-11-3-6-13(17)14(18)8-11/h2-9H,1H3,(H,19,21)/b7-4+. The lowest BCUT2D eigenvalue weighted by atomic mass is 10.1. The first-order chi connectivity index (χ1) is 10.9. The van der Waals surface area contributed by atoms with Crippen LogP contribution in [0.5, 0.6) is 0 Å². The SMILES string of the molecule is Cc1ccc([N+](=O)[O-])cc1NC(=O)/C=C/c1ccc(Cl)c(Cl)c1. The summed E-state index contributed by atoms with van der Waals surface area (Å²) in [6.45, 7) is 1.75. The highest BCUT2D eigenvalue weighted by Crippen LogP contribution is 2.24. The molecule has 0 bridgehead atoms. The van der Waals surface area contributed by atoms with Crippen molar-refractivity contribution in [2.24, 2.45) is 0 Å². The van der Waals surface area contributed by atoms with Gasteiger partial charge in [-0.25, -0.2) is 0 Å². The zero-order chi connectivity index (χ0) is 17.0. The number of anilines is 1. The van der Waals surface area contributed by atoms with E-state index in [1.807, 2.05) is 0 Å². The summed E-state index contributed by atoms with van der Waals surface area (Å²) in [4.78, 5) is 22.2. The molecule has 0 fully saturated rings. The van der Waals surface area contributed by atoms with Gasteiger partial charge in [0.15, 0.2) is 0 Å². The molecule has 0 aliphatic heterocycles. The molecule has 0 heterocycles. The van der Waals surface area contributed by atoms with Crippen LogP contribution in [0.25, 0.3) is 6.08 Å². The highest BCUT2D eigenvalue weighted by molar-refractivity contribution is 6.42. The molecule has 1 N–H and O–H groups in total. The summed E-state index contributed by atoms with van der Waals surface area (Å²) in [5, 5.41) is 14.2. The van der Waals surface area contributed by atoms with Gasteiger partial charge in [-0.3, -0.25) is 14.9 Å². The van der Waals surface area contributed by atoms with Crippen molar-refractivity contribution in [3.63, 3.8) is 0 Å². The lowest BCUT2D eigenvalue weighted by Gasteiger charge is -2.06. The van der Waals surface area contributed by atoms with E-state index >= 15 is 0 Å². The summed E-state index contributed by atoms with van der Waals surface area (Å²) in [5.74, 6) is -0.403. The highest BCUT2D eigenvalue weighted by Gasteiger charge is 2.09. The fraction of sp³-hybridized carbons (Fsp3) is 0.0625. The number of nitro groups is 1. The summed E-state index contributed by atoms with van der Waals surface area (Å²) in [6, 6.07) is 9.27. The summed E-state index contributed by atoms with van der Waals surface area (Å²) < 4.78 is 0. The number of non-ortho nitro benzene ring substituents is 1. The van der Waals surface area contributed by atoms with Crippen molar-refractivity contribution in [3.05, 3.63) is 73.8 Å². The Labute approximate surface area is 142 Å². The number of hydrogen-bond donors (Lipinski definition) is 1. The van der Waals surface area contributed by atoms with E-state index in [2.05, 4.69) is 5.32 Å². The normalized spacial score (nSPS) is 10.7. The third-order valence-electron chi connectivity index (χ3n) is 3.06. The van der Waals surface area contributed by atoms with Gasteiger partial charge in [-0.15, -0.1) is 0 Å². The van der Waals surface area contributed by atoms with Crippen LogP contribution in [0.1, 0.15) is 11.1 Å². The maximum atomic E-state index is 11.9. The van der Waals surface area contributed by atoms with E-state index in [0.29, 0.717) is 21.3 Å². The van der Waals surface area contributed by atoms with Crippen molar-refractivity contribution in [3.8, 4) is 0 Å². The lowest BCUT2D eigenvalue weighted by molar-refractivity contribution is -0.384. The number of carbonyl (C=O) groups excluding carboxylic acids is 1. The minimum atomic E-state index is -0.513. The quantitative estimate of drug-likeness (QED) is 0.486. The van der Waals surface area contributed by atoms with Crippen molar-refractivity contribution in [1.82, 2.24) is 0 Å². The van der Waals surface area contributed by atoms with Gasteiger partial charge in [0.2, 0.25) is 5.91 Å². The Morgan fingerprint density at radius 2 is 1.91 bits per heavy atom. The first-order valence-electron chi connectivity index (χ1n) is 6.56. The Hall–Kier alpha value is -2.37.